The molecule has 5 rings (SSSR count). The van der Waals surface area contributed by atoms with Gasteiger partial charge in [0.1, 0.15) is 5.69 Å². The maximum absolute atomic E-state index is 13.0. The first-order chi connectivity index (χ1) is 20.6. The Kier molecular flexibility index (Phi) is 8.84. The number of carbonyl (C=O) groups is 2. The Bertz CT molecular complexity index is 1830. The Morgan fingerprint density at radius 2 is 1.56 bits per heavy atom. The summed E-state index contributed by atoms with van der Waals surface area (Å²) in [6.07, 6.45) is 1.43. The fourth-order valence-corrected chi connectivity index (χ4v) is 6.33. The lowest BCUT2D eigenvalue weighted by atomic mass is 10.00. The molecule has 0 radical (unpaired) electrons. The number of nitrogens with zero attached hydrogens (tertiary/aromatic N) is 3. The zero-order valence-electron chi connectivity index (χ0n) is 23.9. The van der Waals surface area contributed by atoms with E-state index in [2.05, 4.69) is 34.8 Å². The first-order valence-corrected chi connectivity index (χ1v) is 16.0. The van der Waals surface area contributed by atoms with Crippen molar-refractivity contribution >= 4 is 43.9 Å². The summed E-state index contributed by atoms with van der Waals surface area (Å²) in [5.74, 6) is -0.311. The molecule has 0 aliphatic carbocycles. The second-order valence-electron chi connectivity index (χ2n) is 10.4. The summed E-state index contributed by atoms with van der Waals surface area (Å²) >= 11 is 1.58. The lowest BCUT2D eigenvalue weighted by molar-refractivity contribution is -0.117. The van der Waals surface area contributed by atoms with E-state index in [1.165, 1.54) is 23.2 Å². The number of hydrogen-bond donors (Lipinski definition) is 2. The smallest absolute Gasteiger partial charge is 0.284 e. The second-order valence-corrected chi connectivity index (χ2v) is 13.3. The van der Waals surface area contributed by atoms with Crippen LogP contribution in [0.5, 0.6) is 0 Å². The van der Waals surface area contributed by atoms with Crippen LogP contribution < -0.4 is 10.6 Å². The number of benzene rings is 3. The number of carbonyl (C=O) groups excluding carboxylic acids is 2. The van der Waals surface area contributed by atoms with Gasteiger partial charge < -0.3 is 10.6 Å². The van der Waals surface area contributed by atoms with Crippen LogP contribution in [0.1, 0.15) is 48.6 Å². The Morgan fingerprint density at radius 1 is 0.860 bits per heavy atom. The number of anilines is 2. The molecule has 0 unspecified atom stereocenters. The Balaban J connectivity index is 1.16. The van der Waals surface area contributed by atoms with Crippen molar-refractivity contribution in [2.75, 3.05) is 10.6 Å². The maximum Gasteiger partial charge on any atom is 0.284 e. The highest BCUT2D eigenvalue weighted by Crippen LogP contribution is 2.29. The van der Waals surface area contributed by atoms with Gasteiger partial charge in [-0.15, -0.1) is 20.5 Å². The van der Waals surface area contributed by atoms with E-state index in [4.69, 9.17) is 0 Å². The van der Waals surface area contributed by atoms with E-state index in [1.807, 2.05) is 61.5 Å². The molecule has 0 saturated heterocycles. The third kappa shape index (κ3) is 7.07. The summed E-state index contributed by atoms with van der Waals surface area (Å²) in [6.45, 7) is 6.08. The zero-order chi connectivity index (χ0) is 30.6. The number of aromatic nitrogens is 3. The maximum atomic E-state index is 13.0. The van der Waals surface area contributed by atoms with Crippen LogP contribution in [-0.4, -0.2) is 34.6 Å². The number of amides is 2. The van der Waals surface area contributed by atoms with Crippen LogP contribution in [-0.2, 0) is 26.0 Å². The topological polar surface area (TPSA) is 123 Å². The first kappa shape index (κ1) is 29.9. The summed E-state index contributed by atoms with van der Waals surface area (Å²) in [6, 6.07) is 26.4. The van der Waals surface area contributed by atoms with Crippen molar-refractivity contribution in [2.45, 2.75) is 43.9 Å². The summed E-state index contributed by atoms with van der Waals surface area (Å²) in [5.41, 5.74) is 3.28. The lowest BCUT2D eigenvalue weighted by Crippen LogP contribution is -2.18. The van der Waals surface area contributed by atoms with Crippen LogP contribution in [0.15, 0.2) is 102 Å². The number of nitrogens with one attached hydrogen (secondary N) is 2. The molecule has 43 heavy (non-hydrogen) atoms. The summed E-state index contributed by atoms with van der Waals surface area (Å²) in [4.78, 5) is 26.7. The quantitative estimate of drug-likeness (QED) is 0.191. The SMILES string of the molecule is CC(C)c1ccc(NC(=O)[C@@H](C)c2ccc(NC(=O)Cc3ccc(S(=O)(=O)n4cc(-c5ccccc5)nn4)cc3)cc2)s1. The van der Waals surface area contributed by atoms with E-state index >= 15 is 0 Å². The standard InChI is InChI=1S/C32H31N5O4S2/c1-21(2)29-17-18-31(42-29)34-32(39)22(3)24-11-13-26(14-12-24)33-30(38)19-23-9-15-27(16-10-23)43(40,41)37-20-28(35-36-37)25-7-5-4-6-8-25/h4-18,20-22H,19H2,1-3H3,(H,33,38)(H,34,39)/t22-/m0/s1. The van der Waals surface area contributed by atoms with Gasteiger partial charge in [0.05, 0.1) is 28.4 Å². The largest absolute Gasteiger partial charge is 0.326 e. The highest BCUT2D eigenvalue weighted by atomic mass is 32.2. The molecule has 2 N–H and O–H groups in total. The summed E-state index contributed by atoms with van der Waals surface area (Å²) in [5, 5.41) is 14.4. The van der Waals surface area contributed by atoms with Crippen molar-refractivity contribution < 1.29 is 18.0 Å². The van der Waals surface area contributed by atoms with Crippen molar-refractivity contribution in [2.24, 2.45) is 0 Å². The minimum absolute atomic E-state index is 0.0364. The minimum Gasteiger partial charge on any atom is -0.326 e. The molecule has 2 amide bonds. The van der Waals surface area contributed by atoms with Gasteiger partial charge >= 0.3 is 0 Å². The second kappa shape index (κ2) is 12.7. The number of hydrogen-bond acceptors (Lipinski definition) is 7. The molecule has 220 valence electrons. The molecular formula is C32H31N5O4S2. The van der Waals surface area contributed by atoms with E-state index in [-0.39, 0.29) is 29.0 Å². The third-order valence-electron chi connectivity index (χ3n) is 6.90. The van der Waals surface area contributed by atoms with Crippen LogP contribution in [0.3, 0.4) is 0 Å². The van der Waals surface area contributed by atoms with Gasteiger partial charge in [-0.2, -0.15) is 8.42 Å². The van der Waals surface area contributed by atoms with E-state index in [9.17, 15) is 18.0 Å². The van der Waals surface area contributed by atoms with Crippen LogP contribution in [0.2, 0.25) is 0 Å². The monoisotopic (exact) mass is 613 g/mol. The van der Waals surface area contributed by atoms with Gasteiger partial charge in [-0.3, -0.25) is 9.59 Å². The summed E-state index contributed by atoms with van der Waals surface area (Å²) < 4.78 is 26.9. The Hall–Kier alpha value is -4.61. The molecule has 9 nitrogen and oxygen atoms in total. The normalized spacial score (nSPS) is 12.2. The van der Waals surface area contributed by atoms with Crippen molar-refractivity contribution in [3.8, 4) is 11.3 Å². The fourth-order valence-electron chi connectivity index (χ4n) is 4.35. The lowest BCUT2D eigenvalue weighted by Gasteiger charge is -2.13. The number of thiophene rings is 1. The molecule has 0 bridgehead atoms. The Morgan fingerprint density at radius 3 is 2.21 bits per heavy atom. The predicted octanol–water partition coefficient (Wildman–Crippen LogP) is 6.29. The molecule has 0 saturated carbocycles. The molecule has 11 heteroatoms. The molecule has 0 aliphatic rings. The van der Waals surface area contributed by atoms with Gasteiger partial charge in [-0.1, -0.05) is 73.7 Å². The third-order valence-corrected chi connectivity index (χ3v) is 9.75. The predicted molar refractivity (Wildman–Crippen MR) is 169 cm³/mol. The van der Waals surface area contributed by atoms with Gasteiger partial charge in [-0.05, 0) is 60.4 Å². The van der Waals surface area contributed by atoms with Gasteiger partial charge in [0, 0.05) is 16.1 Å². The fraction of sp³-hybridized carbons (Fsp3) is 0.188. The van der Waals surface area contributed by atoms with E-state index in [0.717, 1.165) is 20.2 Å². The molecule has 2 heterocycles. The first-order valence-electron chi connectivity index (χ1n) is 13.7. The molecule has 2 aromatic heterocycles. The average molecular weight is 614 g/mol. The highest BCUT2D eigenvalue weighted by molar-refractivity contribution is 7.89. The van der Waals surface area contributed by atoms with Crippen LogP contribution >= 0.6 is 11.3 Å². The van der Waals surface area contributed by atoms with Crippen LogP contribution in [0.25, 0.3) is 11.3 Å². The highest BCUT2D eigenvalue weighted by Gasteiger charge is 2.20. The molecular weight excluding hydrogens is 583 g/mol. The zero-order valence-corrected chi connectivity index (χ0v) is 25.5. The van der Waals surface area contributed by atoms with Gasteiger partial charge in [0.15, 0.2) is 0 Å². The minimum atomic E-state index is -3.94. The van der Waals surface area contributed by atoms with Gasteiger partial charge in [0.25, 0.3) is 10.0 Å². The summed E-state index contributed by atoms with van der Waals surface area (Å²) in [7, 11) is -3.94. The van der Waals surface area contributed by atoms with Gasteiger partial charge in [-0.25, -0.2) is 0 Å². The van der Waals surface area contributed by atoms with Crippen molar-refractivity contribution in [1.29, 1.82) is 0 Å². The van der Waals surface area contributed by atoms with Crippen LogP contribution in [0.4, 0.5) is 10.7 Å². The van der Waals surface area contributed by atoms with E-state index < -0.39 is 10.0 Å². The molecule has 5 aromatic rings. The molecule has 1 atom stereocenters. The van der Waals surface area contributed by atoms with E-state index in [1.54, 1.807) is 35.6 Å². The average Bonchev–Trinajstić information content (AvgIpc) is 3.69. The molecule has 3 aromatic carbocycles. The molecule has 0 spiro atoms. The number of rotatable bonds is 10. The van der Waals surface area contributed by atoms with Crippen molar-refractivity contribution in [1.82, 2.24) is 14.4 Å². The Labute approximate surface area is 254 Å². The van der Waals surface area contributed by atoms with Crippen LogP contribution in [0, 0.1) is 0 Å². The molecule has 0 fully saturated rings. The molecule has 0 aliphatic heterocycles. The van der Waals surface area contributed by atoms with Gasteiger partial charge in [0.2, 0.25) is 11.8 Å². The van der Waals surface area contributed by atoms with Crippen molar-refractivity contribution in [3.63, 3.8) is 0 Å². The van der Waals surface area contributed by atoms with E-state index in [0.29, 0.717) is 22.9 Å². The van der Waals surface area contributed by atoms with Crippen molar-refractivity contribution in [3.05, 3.63) is 113 Å².